The number of aryl methyl sites for hydroxylation is 1. The summed E-state index contributed by atoms with van der Waals surface area (Å²) in [5, 5.41) is 0. The SMILES string of the molecule is CC(C)OCCOc1ccc2c(c1)CC[C@H]2N. The standard InChI is InChI=1S/C14H21NO2/c1-10(2)16-7-8-17-12-4-5-13-11(9-12)3-6-14(13)15/h4-5,9-10,14H,3,6-8,15H2,1-2H3/t14-/m1/s1. The lowest BCUT2D eigenvalue weighted by Gasteiger charge is -2.11. The molecule has 0 heterocycles. The van der Waals surface area contributed by atoms with Gasteiger partial charge in [0.05, 0.1) is 12.7 Å². The molecule has 1 aromatic rings. The number of benzene rings is 1. The molecule has 3 nitrogen and oxygen atoms in total. The Bertz CT molecular complexity index is 376. The molecule has 0 bridgehead atoms. The Hall–Kier alpha value is -1.06. The predicted molar refractivity (Wildman–Crippen MR) is 68.3 cm³/mol. The van der Waals surface area contributed by atoms with Gasteiger partial charge in [-0.05, 0) is 49.9 Å². The molecule has 2 N–H and O–H groups in total. The lowest BCUT2D eigenvalue weighted by molar-refractivity contribution is 0.0552. The zero-order valence-corrected chi connectivity index (χ0v) is 10.6. The fraction of sp³-hybridized carbons (Fsp3) is 0.571. The van der Waals surface area contributed by atoms with E-state index in [2.05, 4.69) is 12.1 Å². The van der Waals surface area contributed by atoms with Gasteiger partial charge in [0, 0.05) is 6.04 Å². The minimum Gasteiger partial charge on any atom is -0.491 e. The van der Waals surface area contributed by atoms with Crippen LogP contribution in [0.3, 0.4) is 0 Å². The van der Waals surface area contributed by atoms with Crippen LogP contribution in [-0.4, -0.2) is 19.3 Å². The average molecular weight is 235 g/mol. The molecule has 0 amide bonds. The van der Waals surface area contributed by atoms with Gasteiger partial charge in [0.1, 0.15) is 12.4 Å². The van der Waals surface area contributed by atoms with Gasteiger partial charge in [-0.2, -0.15) is 0 Å². The van der Waals surface area contributed by atoms with Gasteiger partial charge >= 0.3 is 0 Å². The molecule has 2 rings (SSSR count). The average Bonchev–Trinajstić information content (AvgIpc) is 2.66. The van der Waals surface area contributed by atoms with E-state index in [0.717, 1.165) is 18.6 Å². The molecule has 0 unspecified atom stereocenters. The Morgan fingerprint density at radius 1 is 1.35 bits per heavy atom. The molecule has 0 saturated heterocycles. The van der Waals surface area contributed by atoms with Gasteiger partial charge < -0.3 is 15.2 Å². The molecule has 0 saturated carbocycles. The van der Waals surface area contributed by atoms with Gasteiger partial charge in [-0.15, -0.1) is 0 Å². The number of ether oxygens (including phenoxy) is 2. The van der Waals surface area contributed by atoms with E-state index in [-0.39, 0.29) is 12.1 Å². The summed E-state index contributed by atoms with van der Waals surface area (Å²) in [6, 6.07) is 6.41. The van der Waals surface area contributed by atoms with Gasteiger partial charge in [-0.3, -0.25) is 0 Å². The summed E-state index contributed by atoms with van der Waals surface area (Å²) in [5.74, 6) is 0.921. The Labute approximate surface area is 103 Å². The first-order valence-electron chi connectivity index (χ1n) is 6.29. The fourth-order valence-electron chi connectivity index (χ4n) is 2.16. The van der Waals surface area contributed by atoms with Gasteiger partial charge in [-0.25, -0.2) is 0 Å². The van der Waals surface area contributed by atoms with Crippen LogP contribution in [-0.2, 0) is 11.2 Å². The molecular formula is C14H21NO2. The molecule has 94 valence electrons. The first-order valence-corrected chi connectivity index (χ1v) is 6.29. The highest BCUT2D eigenvalue weighted by Gasteiger charge is 2.18. The molecule has 17 heavy (non-hydrogen) atoms. The summed E-state index contributed by atoms with van der Waals surface area (Å²) in [4.78, 5) is 0. The van der Waals surface area contributed by atoms with Gasteiger partial charge in [0.15, 0.2) is 0 Å². The number of hydrogen-bond acceptors (Lipinski definition) is 3. The van der Waals surface area contributed by atoms with Crippen LogP contribution in [0.15, 0.2) is 18.2 Å². The molecule has 0 fully saturated rings. The number of hydrogen-bond donors (Lipinski definition) is 1. The van der Waals surface area contributed by atoms with E-state index in [1.807, 2.05) is 19.9 Å². The first-order chi connectivity index (χ1) is 8.16. The Balaban J connectivity index is 1.86. The fourth-order valence-corrected chi connectivity index (χ4v) is 2.16. The molecule has 3 heteroatoms. The van der Waals surface area contributed by atoms with Crippen LogP contribution < -0.4 is 10.5 Å². The van der Waals surface area contributed by atoms with Crippen molar-refractivity contribution in [1.29, 1.82) is 0 Å². The zero-order chi connectivity index (χ0) is 12.3. The van der Waals surface area contributed by atoms with E-state index in [1.165, 1.54) is 11.1 Å². The third-order valence-electron chi connectivity index (χ3n) is 3.04. The van der Waals surface area contributed by atoms with Crippen molar-refractivity contribution in [2.75, 3.05) is 13.2 Å². The highest BCUT2D eigenvalue weighted by atomic mass is 16.5. The molecule has 1 aliphatic rings. The smallest absolute Gasteiger partial charge is 0.119 e. The second-order valence-electron chi connectivity index (χ2n) is 4.77. The Kier molecular flexibility index (Phi) is 4.02. The predicted octanol–water partition coefficient (Wildman–Crippen LogP) is 2.44. The number of rotatable bonds is 5. The maximum Gasteiger partial charge on any atom is 0.119 e. The van der Waals surface area contributed by atoms with Crippen LogP contribution in [0.2, 0.25) is 0 Å². The quantitative estimate of drug-likeness (QED) is 0.797. The van der Waals surface area contributed by atoms with Crippen LogP contribution in [0.25, 0.3) is 0 Å². The maximum atomic E-state index is 5.99. The second-order valence-corrected chi connectivity index (χ2v) is 4.77. The molecule has 0 aliphatic heterocycles. The highest BCUT2D eigenvalue weighted by molar-refractivity contribution is 5.40. The Morgan fingerprint density at radius 2 is 2.18 bits per heavy atom. The monoisotopic (exact) mass is 235 g/mol. The number of nitrogens with two attached hydrogens (primary N) is 1. The molecule has 0 aromatic heterocycles. The molecule has 1 aliphatic carbocycles. The minimum atomic E-state index is 0.211. The molecular weight excluding hydrogens is 214 g/mol. The summed E-state index contributed by atoms with van der Waals surface area (Å²) >= 11 is 0. The summed E-state index contributed by atoms with van der Waals surface area (Å²) in [6.07, 6.45) is 2.38. The molecule has 1 aromatic carbocycles. The topological polar surface area (TPSA) is 44.5 Å². The first kappa shape index (κ1) is 12.4. The lowest BCUT2D eigenvalue weighted by atomic mass is 10.1. The van der Waals surface area contributed by atoms with Crippen LogP contribution in [0, 0.1) is 0 Å². The van der Waals surface area contributed by atoms with Crippen molar-refractivity contribution in [3.63, 3.8) is 0 Å². The third kappa shape index (κ3) is 3.20. The zero-order valence-electron chi connectivity index (χ0n) is 10.6. The van der Waals surface area contributed by atoms with Crippen molar-refractivity contribution in [2.24, 2.45) is 5.73 Å². The van der Waals surface area contributed by atoms with Crippen molar-refractivity contribution in [2.45, 2.75) is 38.8 Å². The van der Waals surface area contributed by atoms with Crippen molar-refractivity contribution in [3.8, 4) is 5.75 Å². The van der Waals surface area contributed by atoms with Crippen molar-refractivity contribution in [3.05, 3.63) is 29.3 Å². The van der Waals surface area contributed by atoms with Crippen LogP contribution in [0.1, 0.15) is 37.4 Å². The van der Waals surface area contributed by atoms with Crippen molar-refractivity contribution in [1.82, 2.24) is 0 Å². The van der Waals surface area contributed by atoms with E-state index < -0.39 is 0 Å². The van der Waals surface area contributed by atoms with Gasteiger partial charge in [0.2, 0.25) is 0 Å². The van der Waals surface area contributed by atoms with E-state index in [1.54, 1.807) is 0 Å². The summed E-state index contributed by atoms with van der Waals surface area (Å²) in [7, 11) is 0. The van der Waals surface area contributed by atoms with E-state index in [0.29, 0.717) is 13.2 Å². The highest BCUT2D eigenvalue weighted by Crippen LogP contribution is 2.31. The summed E-state index contributed by atoms with van der Waals surface area (Å²) in [5.41, 5.74) is 8.60. The van der Waals surface area contributed by atoms with Crippen LogP contribution in [0.5, 0.6) is 5.75 Å². The largest absolute Gasteiger partial charge is 0.491 e. The van der Waals surface area contributed by atoms with Crippen molar-refractivity contribution >= 4 is 0 Å². The van der Waals surface area contributed by atoms with Crippen molar-refractivity contribution < 1.29 is 9.47 Å². The molecule has 0 spiro atoms. The van der Waals surface area contributed by atoms with E-state index >= 15 is 0 Å². The maximum absolute atomic E-state index is 5.99. The van der Waals surface area contributed by atoms with E-state index in [4.69, 9.17) is 15.2 Å². The van der Waals surface area contributed by atoms with Crippen LogP contribution >= 0.6 is 0 Å². The van der Waals surface area contributed by atoms with E-state index in [9.17, 15) is 0 Å². The van der Waals surface area contributed by atoms with Crippen LogP contribution in [0.4, 0.5) is 0 Å². The van der Waals surface area contributed by atoms with Gasteiger partial charge in [0.25, 0.3) is 0 Å². The summed E-state index contributed by atoms with van der Waals surface area (Å²) in [6.45, 7) is 5.28. The normalized spacial score (nSPS) is 18.5. The van der Waals surface area contributed by atoms with Gasteiger partial charge in [-0.1, -0.05) is 6.07 Å². The Morgan fingerprint density at radius 3 is 2.94 bits per heavy atom. The molecule has 1 atom stereocenters. The number of fused-ring (bicyclic) bond motifs is 1. The minimum absolute atomic E-state index is 0.211. The second kappa shape index (κ2) is 5.52. The summed E-state index contributed by atoms with van der Waals surface area (Å²) < 4.78 is 11.1. The third-order valence-corrected chi connectivity index (χ3v) is 3.04. The lowest BCUT2D eigenvalue weighted by Crippen LogP contribution is -2.11. The molecule has 0 radical (unpaired) electrons.